The van der Waals surface area contributed by atoms with Crippen LogP contribution in [0.25, 0.3) is 10.8 Å². The zero-order chi connectivity index (χ0) is 16.7. The molecule has 2 aliphatic rings. The summed E-state index contributed by atoms with van der Waals surface area (Å²) in [6, 6.07) is 12.2. The van der Waals surface area contributed by atoms with Crippen molar-refractivity contribution in [3.63, 3.8) is 0 Å². The molecule has 2 aromatic rings. The van der Waals surface area contributed by atoms with Crippen LogP contribution in [-0.4, -0.2) is 19.1 Å². The van der Waals surface area contributed by atoms with E-state index in [2.05, 4.69) is 17.4 Å². The molecule has 2 bridgehead atoms. The minimum absolute atomic E-state index is 0.0234. The van der Waals surface area contributed by atoms with Crippen molar-refractivity contribution < 1.29 is 9.53 Å². The van der Waals surface area contributed by atoms with E-state index in [4.69, 9.17) is 10.5 Å². The minimum Gasteiger partial charge on any atom is -0.496 e. The lowest BCUT2D eigenvalue weighted by Crippen LogP contribution is -2.45. The zero-order valence-corrected chi connectivity index (χ0v) is 14.0. The fourth-order valence-electron chi connectivity index (χ4n) is 4.71. The Morgan fingerprint density at radius 3 is 2.75 bits per heavy atom. The molecular formula is C20H24N2O2. The number of fused-ring (bicyclic) bond motifs is 3. The number of nitrogens with one attached hydrogen (secondary N) is 1. The van der Waals surface area contributed by atoms with Gasteiger partial charge in [-0.05, 0) is 47.9 Å². The first kappa shape index (κ1) is 15.5. The molecule has 0 saturated heterocycles. The van der Waals surface area contributed by atoms with Crippen molar-refractivity contribution in [3.05, 3.63) is 42.0 Å². The smallest absolute Gasteiger partial charge is 0.225 e. The molecule has 126 valence electrons. The molecule has 2 aliphatic carbocycles. The quantitative estimate of drug-likeness (QED) is 0.909. The van der Waals surface area contributed by atoms with Crippen LogP contribution in [0.5, 0.6) is 5.75 Å². The van der Waals surface area contributed by atoms with Crippen molar-refractivity contribution in [1.29, 1.82) is 0 Å². The number of amides is 1. The van der Waals surface area contributed by atoms with Gasteiger partial charge in [-0.15, -0.1) is 0 Å². The van der Waals surface area contributed by atoms with Gasteiger partial charge in [-0.1, -0.05) is 30.3 Å². The van der Waals surface area contributed by atoms with Gasteiger partial charge >= 0.3 is 0 Å². The summed E-state index contributed by atoms with van der Waals surface area (Å²) in [6.45, 7) is 0.476. The normalized spacial score (nSPS) is 28.2. The summed E-state index contributed by atoms with van der Waals surface area (Å²) in [6.07, 6.45) is 3.46. The van der Waals surface area contributed by atoms with E-state index in [1.54, 1.807) is 7.11 Å². The first-order valence-electron chi connectivity index (χ1n) is 8.77. The second kappa shape index (κ2) is 6.10. The molecule has 24 heavy (non-hydrogen) atoms. The van der Waals surface area contributed by atoms with Gasteiger partial charge in [0, 0.05) is 18.2 Å². The molecule has 0 aliphatic heterocycles. The van der Waals surface area contributed by atoms with Crippen molar-refractivity contribution in [2.24, 2.45) is 23.5 Å². The average Bonchev–Trinajstić information content (AvgIpc) is 3.20. The molecule has 0 heterocycles. The van der Waals surface area contributed by atoms with Gasteiger partial charge in [0.05, 0.1) is 13.0 Å². The first-order chi connectivity index (χ1) is 11.7. The molecule has 4 nitrogen and oxygen atoms in total. The van der Waals surface area contributed by atoms with E-state index in [0.29, 0.717) is 18.4 Å². The van der Waals surface area contributed by atoms with E-state index in [1.165, 1.54) is 6.42 Å². The van der Waals surface area contributed by atoms with Gasteiger partial charge in [0.1, 0.15) is 5.75 Å². The number of nitrogens with two attached hydrogens (primary N) is 1. The third-order valence-electron chi connectivity index (χ3n) is 5.94. The van der Waals surface area contributed by atoms with Crippen molar-refractivity contribution in [1.82, 2.24) is 5.32 Å². The van der Waals surface area contributed by atoms with Crippen LogP contribution in [0.4, 0.5) is 0 Å². The molecule has 4 unspecified atom stereocenters. The highest BCUT2D eigenvalue weighted by molar-refractivity contribution is 5.88. The van der Waals surface area contributed by atoms with Gasteiger partial charge in [0.15, 0.2) is 0 Å². The number of methoxy groups -OCH3 is 1. The number of ether oxygens (including phenoxy) is 1. The molecule has 2 saturated carbocycles. The van der Waals surface area contributed by atoms with Gasteiger partial charge < -0.3 is 15.8 Å². The van der Waals surface area contributed by atoms with Crippen LogP contribution in [0.15, 0.2) is 36.4 Å². The van der Waals surface area contributed by atoms with E-state index >= 15 is 0 Å². The lowest BCUT2D eigenvalue weighted by atomic mass is 9.84. The Morgan fingerprint density at radius 2 is 2.00 bits per heavy atom. The van der Waals surface area contributed by atoms with E-state index in [-0.39, 0.29) is 17.9 Å². The Hall–Kier alpha value is -2.07. The van der Waals surface area contributed by atoms with Crippen LogP contribution in [0.1, 0.15) is 24.8 Å². The summed E-state index contributed by atoms with van der Waals surface area (Å²) < 4.78 is 5.51. The highest BCUT2D eigenvalue weighted by Crippen LogP contribution is 2.47. The number of carbonyl (C=O) groups excluding carboxylic acids is 1. The Labute approximate surface area is 142 Å². The first-order valence-corrected chi connectivity index (χ1v) is 8.77. The predicted octanol–water partition coefficient (Wildman–Crippen LogP) is 2.84. The second-order valence-electron chi connectivity index (χ2n) is 7.12. The summed E-state index contributed by atoms with van der Waals surface area (Å²) >= 11 is 0. The Morgan fingerprint density at radius 1 is 1.21 bits per heavy atom. The minimum atomic E-state index is -0.0234. The number of hydrogen-bond donors (Lipinski definition) is 2. The van der Waals surface area contributed by atoms with Gasteiger partial charge in [-0.25, -0.2) is 0 Å². The Bertz CT molecular complexity index is 771. The number of benzene rings is 2. The van der Waals surface area contributed by atoms with Gasteiger partial charge in [-0.2, -0.15) is 0 Å². The van der Waals surface area contributed by atoms with Crippen LogP contribution in [-0.2, 0) is 11.3 Å². The molecule has 2 fully saturated rings. The summed E-state index contributed by atoms with van der Waals surface area (Å²) in [5.41, 5.74) is 7.32. The van der Waals surface area contributed by atoms with Crippen molar-refractivity contribution in [3.8, 4) is 5.75 Å². The molecule has 4 atom stereocenters. The maximum absolute atomic E-state index is 12.7. The standard InChI is InChI=1S/C20H24N2O2/c1-24-17-9-8-12-4-2-3-5-15(12)16(17)11-22-20(23)18-13-6-7-14(10-13)19(18)21/h2-5,8-9,13-14,18-19H,6-7,10-11,21H2,1H3,(H,22,23). The summed E-state index contributed by atoms with van der Waals surface area (Å²) in [5.74, 6) is 1.90. The molecule has 4 heteroatoms. The third-order valence-corrected chi connectivity index (χ3v) is 5.94. The van der Waals surface area contributed by atoms with Gasteiger partial charge in [0.2, 0.25) is 5.91 Å². The van der Waals surface area contributed by atoms with Crippen LogP contribution in [0.2, 0.25) is 0 Å². The van der Waals surface area contributed by atoms with Crippen LogP contribution in [0, 0.1) is 17.8 Å². The molecule has 0 spiro atoms. The van der Waals surface area contributed by atoms with Gasteiger partial charge in [-0.3, -0.25) is 4.79 Å². The molecule has 2 aromatic carbocycles. The van der Waals surface area contributed by atoms with Crippen LogP contribution in [0.3, 0.4) is 0 Å². The van der Waals surface area contributed by atoms with Gasteiger partial charge in [0.25, 0.3) is 0 Å². The predicted molar refractivity (Wildman–Crippen MR) is 94.6 cm³/mol. The number of carbonyl (C=O) groups is 1. The monoisotopic (exact) mass is 324 g/mol. The van der Waals surface area contributed by atoms with E-state index in [0.717, 1.165) is 34.9 Å². The van der Waals surface area contributed by atoms with Crippen molar-refractivity contribution in [2.45, 2.75) is 31.8 Å². The fraction of sp³-hybridized carbons (Fsp3) is 0.450. The molecular weight excluding hydrogens is 300 g/mol. The third kappa shape index (κ3) is 2.46. The highest BCUT2D eigenvalue weighted by Gasteiger charge is 2.48. The maximum atomic E-state index is 12.7. The van der Waals surface area contributed by atoms with E-state index in [1.807, 2.05) is 24.3 Å². The Kier molecular flexibility index (Phi) is 3.93. The fourth-order valence-corrected chi connectivity index (χ4v) is 4.71. The number of rotatable bonds is 4. The molecule has 3 N–H and O–H groups in total. The number of hydrogen-bond acceptors (Lipinski definition) is 3. The summed E-state index contributed by atoms with van der Waals surface area (Å²) in [7, 11) is 1.67. The molecule has 0 aromatic heterocycles. The van der Waals surface area contributed by atoms with E-state index in [9.17, 15) is 4.79 Å². The average molecular weight is 324 g/mol. The summed E-state index contributed by atoms with van der Waals surface area (Å²) in [4.78, 5) is 12.7. The lowest BCUT2D eigenvalue weighted by molar-refractivity contribution is -0.127. The lowest BCUT2D eigenvalue weighted by Gasteiger charge is -2.27. The molecule has 0 radical (unpaired) electrons. The highest BCUT2D eigenvalue weighted by atomic mass is 16.5. The Balaban J connectivity index is 1.55. The van der Waals surface area contributed by atoms with Crippen molar-refractivity contribution in [2.75, 3.05) is 7.11 Å². The second-order valence-corrected chi connectivity index (χ2v) is 7.12. The molecule has 4 rings (SSSR count). The topological polar surface area (TPSA) is 64.3 Å². The largest absolute Gasteiger partial charge is 0.496 e. The summed E-state index contributed by atoms with van der Waals surface area (Å²) in [5, 5.41) is 5.40. The maximum Gasteiger partial charge on any atom is 0.225 e. The van der Waals surface area contributed by atoms with Crippen LogP contribution < -0.4 is 15.8 Å². The van der Waals surface area contributed by atoms with Crippen LogP contribution >= 0.6 is 0 Å². The van der Waals surface area contributed by atoms with E-state index < -0.39 is 0 Å². The van der Waals surface area contributed by atoms with Crippen molar-refractivity contribution >= 4 is 16.7 Å². The molecule has 1 amide bonds. The zero-order valence-electron chi connectivity index (χ0n) is 14.0. The SMILES string of the molecule is COc1ccc2ccccc2c1CNC(=O)C1C2CCC(C2)C1N.